The number of rotatable bonds is 3. The lowest BCUT2D eigenvalue weighted by molar-refractivity contribution is 0.112. The van der Waals surface area contributed by atoms with Crippen LogP contribution in [0.25, 0.3) is 0 Å². The molecule has 0 radical (unpaired) electrons. The summed E-state index contributed by atoms with van der Waals surface area (Å²) < 4.78 is 27.8. The molecule has 0 aliphatic carbocycles. The fraction of sp³-hybridized carbons (Fsp3) is 0.625. The zero-order chi connectivity index (χ0) is 10.1. The molecule has 5 heteroatoms. The van der Waals surface area contributed by atoms with Crippen LogP contribution >= 0.6 is 0 Å². The van der Waals surface area contributed by atoms with E-state index in [1.165, 1.54) is 0 Å². The van der Waals surface area contributed by atoms with Gasteiger partial charge in [-0.15, -0.1) is 0 Å². The van der Waals surface area contributed by atoms with Gasteiger partial charge < -0.3 is 4.74 Å². The largest absolute Gasteiger partial charge is 0.372 e. The van der Waals surface area contributed by atoms with Crippen LogP contribution in [0.15, 0.2) is 16.1 Å². The Morgan fingerprint density at radius 1 is 1.54 bits per heavy atom. The first-order valence-corrected chi connectivity index (χ1v) is 5.59. The van der Waals surface area contributed by atoms with Crippen molar-refractivity contribution in [2.24, 2.45) is 4.99 Å². The van der Waals surface area contributed by atoms with E-state index in [0.717, 1.165) is 5.41 Å². The van der Waals surface area contributed by atoms with Gasteiger partial charge in [-0.05, 0) is 20.8 Å². The van der Waals surface area contributed by atoms with Gasteiger partial charge in [0.15, 0.2) is 5.04 Å². The molecule has 0 spiro atoms. The second-order valence-electron chi connectivity index (χ2n) is 3.17. The van der Waals surface area contributed by atoms with Crippen LogP contribution in [0.5, 0.6) is 0 Å². The Labute approximate surface area is 78.2 Å². The van der Waals surface area contributed by atoms with Gasteiger partial charge in [0.2, 0.25) is 9.84 Å². The highest BCUT2D eigenvalue weighted by molar-refractivity contribution is 8.09. The van der Waals surface area contributed by atoms with E-state index in [2.05, 4.69) is 4.99 Å². The molecule has 0 unspecified atom stereocenters. The third-order valence-corrected chi connectivity index (χ3v) is 3.01. The second kappa shape index (κ2) is 3.59. The predicted octanol–water partition coefficient (Wildman–Crippen LogP) is 1.10. The molecule has 0 N–H and O–H groups in total. The Morgan fingerprint density at radius 3 is 2.54 bits per heavy atom. The molecule has 13 heavy (non-hydrogen) atoms. The molecule has 1 heterocycles. The average Bonchev–Trinajstić information content (AvgIpc) is 2.19. The molecule has 74 valence electrons. The molecular formula is C8H13NO3S. The fourth-order valence-electron chi connectivity index (χ4n) is 0.932. The summed E-state index contributed by atoms with van der Waals surface area (Å²) in [6.07, 6.45) is 0.0128. The molecular weight excluding hydrogens is 190 g/mol. The molecule has 1 aliphatic heterocycles. The summed E-state index contributed by atoms with van der Waals surface area (Å²) in [6, 6.07) is 0. The molecule has 0 aromatic rings. The monoisotopic (exact) mass is 203 g/mol. The summed E-state index contributed by atoms with van der Waals surface area (Å²) in [5.41, 5.74) is 0.516. The highest BCUT2D eigenvalue weighted by Crippen LogP contribution is 2.14. The van der Waals surface area contributed by atoms with E-state index in [-0.39, 0.29) is 17.8 Å². The van der Waals surface area contributed by atoms with Crippen LogP contribution in [-0.2, 0) is 14.6 Å². The quantitative estimate of drug-likeness (QED) is 0.690. The summed E-state index contributed by atoms with van der Waals surface area (Å²) in [4.78, 5) is 3.88. The number of hydrogen-bond donors (Lipinski definition) is 0. The molecule has 1 rings (SSSR count). The highest BCUT2D eigenvalue weighted by Gasteiger charge is 2.23. The normalized spacial score (nSPS) is 20.3. The van der Waals surface area contributed by atoms with Gasteiger partial charge in [0, 0.05) is 0 Å². The Kier molecular flexibility index (Phi) is 2.87. The maximum absolute atomic E-state index is 11.3. The van der Waals surface area contributed by atoms with Gasteiger partial charge in [-0.2, -0.15) is 0 Å². The lowest BCUT2D eigenvalue weighted by Gasteiger charge is -2.05. The summed E-state index contributed by atoms with van der Waals surface area (Å²) in [5.74, 6) is 0. The minimum absolute atomic E-state index is 0.0128. The first-order valence-electron chi connectivity index (χ1n) is 4.04. The summed E-state index contributed by atoms with van der Waals surface area (Å²) in [5, 5.41) is 1.27. The van der Waals surface area contributed by atoms with Crippen molar-refractivity contribution in [2.45, 2.75) is 26.9 Å². The molecule has 0 aromatic carbocycles. The molecule has 0 bridgehead atoms. The number of sulfone groups is 1. The van der Waals surface area contributed by atoms with E-state index < -0.39 is 9.84 Å². The van der Waals surface area contributed by atoms with Gasteiger partial charge in [-0.1, -0.05) is 0 Å². The van der Waals surface area contributed by atoms with Crippen LogP contribution < -0.4 is 0 Å². The SMILES string of the molecule is CC1=CS(=O)(=O)C(COC(C)C)=N1. The van der Waals surface area contributed by atoms with Crippen LogP contribution in [0.1, 0.15) is 20.8 Å². The lowest BCUT2D eigenvalue weighted by atomic mass is 10.5. The van der Waals surface area contributed by atoms with Gasteiger partial charge in [0.1, 0.15) is 6.61 Å². The van der Waals surface area contributed by atoms with Gasteiger partial charge in [0.05, 0.1) is 17.2 Å². The minimum atomic E-state index is -3.27. The van der Waals surface area contributed by atoms with E-state index in [0.29, 0.717) is 5.70 Å². The number of aliphatic imine (C=N–C) groups is 1. The van der Waals surface area contributed by atoms with Crippen LogP contribution in [0.2, 0.25) is 0 Å². The molecule has 1 aliphatic rings. The molecule has 0 saturated heterocycles. The third kappa shape index (κ3) is 2.63. The number of hydrogen-bond acceptors (Lipinski definition) is 4. The van der Waals surface area contributed by atoms with Gasteiger partial charge in [-0.25, -0.2) is 13.4 Å². The van der Waals surface area contributed by atoms with Crippen LogP contribution in [-0.4, -0.2) is 26.2 Å². The first kappa shape index (κ1) is 10.4. The fourth-order valence-corrected chi connectivity index (χ4v) is 2.07. The smallest absolute Gasteiger partial charge is 0.217 e. The van der Waals surface area contributed by atoms with Crippen LogP contribution in [0, 0.1) is 0 Å². The zero-order valence-corrected chi connectivity index (χ0v) is 8.76. The van der Waals surface area contributed by atoms with Crippen molar-refractivity contribution in [1.29, 1.82) is 0 Å². The molecule has 0 saturated carbocycles. The molecule has 4 nitrogen and oxygen atoms in total. The third-order valence-electron chi connectivity index (χ3n) is 1.50. The predicted molar refractivity (Wildman–Crippen MR) is 51.2 cm³/mol. The van der Waals surface area contributed by atoms with E-state index in [4.69, 9.17) is 4.74 Å². The number of ether oxygens (including phenoxy) is 1. The molecule has 0 amide bonds. The Hall–Kier alpha value is -0.680. The standard InChI is InChI=1S/C8H13NO3S/c1-6(2)12-4-8-9-7(3)5-13(8,10)11/h5-6H,4H2,1-3H3. The molecule has 0 fully saturated rings. The van der Waals surface area contributed by atoms with Gasteiger partial charge in [0.25, 0.3) is 0 Å². The van der Waals surface area contributed by atoms with Crippen molar-refractivity contribution >= 4 is 14.9 Å². The van der Waals surface area contributed by atoms with E-state index in [1.54, 1.807) is 6.92 Å². The summed E-state index contributed by atoms with van der Waals surface area (Å²) in [6.45, 7) is 5.42. The molecule has 0 atom stereocenters. The van der Waals surface area contributed by atoms with Crippen molar-refractivity contribution in [2.75, 3.05) is 6.61 Å². The summed E-state index contributed by atoms with van der Waals surface area (Å²) in [7, 11) is -3.27. The highest BCUT2D eigenvalue weighted by atomic mass is 32.2. The Morgan fingerprint density at radius 2 is 2.15 bits per heavy atom. The van der Waals surface area contributed by atoms with Crippen LogP contribution in [0.4, 0.5) is 0 Å². The second-order valence-corrected chi connectivity index (χ2v) is 4.97. The van der Waals surface area contributed by atoms with Crippen molar-refractivity contribution < 1.29 is 13.2 Å². The Bertz CT molecular complexity index is 352. The van der Waals surface area contributed by atoms with Crippen LogP contribution in [0.3, 0.4) is 0 Å². The van der Waals surface area contributed by atoms with Gasteiger partial charge in [-0.3, -0.25) is 0 Å². The number of nitrogens with zero attached hydrogens (tertiary/aromatic N) is 1. The molecule has 0 aromatic heterocycles. The maximum atomic E-state index is 11.3. The van der Waals surface area contributed by atoms with Gasteiger partial charge >= 0.3 is 0 Å². The van der Waals surface area contributed by atoms with Crippen molar-refractivity contribution in [3.05, 3.63) is 11.1 Å². The van der Waals surface area contributed by atoms with E-state index in [9.17, 15) is 8.42 Å². The zero-order valence-electron chi connectivity index (χ0n) is 7.94. The first-order chi connectivity index (χ1) is 5.92. The lowest BCUT2D eigenvalue weighted by Crippen LogP contribution is -2.18. The average molecular weight is 203 g/mol. The number of allylic oxidation sites excluding steroid dienone is 1. The topological polar surface area (TPSA) is 55.7 Å². The summed E-state index contributed by atoms with van der Waals surface area (Å²) >= 11 is 0. The Balaban J connectivity index is 2.70. The van der Waals surface area contributed by atoms with E-state index in [1.807, 2.05) is 13.8 Å². The van der Waals surface area contributed by atoms with Crippen molar-refractivity contribution in [1.82, 2.24) is 0 Å². The minimum Gasteiger partial charge on any atom is -0.372 e. The van der Waals surface area contributed by atoms with E-state index >= 15 is 0 Å². The van der Waals surface area contributed by atoms with Crippen molar-refractivity contribution in [3.8, 4) is 0 Å². The van der Waals surface area contributed by atoms with Crippen molar-refractivity contribution in [3.63, 3.8) is 0 Å². The maximum Gasteiger partial charge on any atom is 0.217 e.